The molecule has 1 aromatic rings. The zero-order valence-corrected chi connectivity index (χ0v) is 15.4. The molecule has 1 saturated heterocycles. The predicted molar refractivity (Wildman–Crippen MR) is 96.0 cm³/mol. The molecule has 23 heavy (non-hydrogen) atoms. The number of likely N-dealkylation sites (tertiary alicyclic amines) is 1. The molecular formula is C20H32N2O. The van der Waals surface area contributed by atoms with E-state index >= 15 is 0 Å². The molecule has 0 bridgehead atoms. The monoisotopic (exact) mass is 316 g/mol. The Morgan fingerprint density at radius 1 is 1.13 bits per heavy atom. The van der Waals surface area contributed by atoms with Crippen molar-refractivity contribution in [3.63, 3.8) is 0 Å². The molecule has 1 aromatic carbocycles. The van der Waals surface area contributed by atoms with E-state index in [1.807, 2.05) is 20.8 Å². The van der Waals surface area contributed by atoms with Crippen molar-refractivity contribution < 1.29 is 4.79 Å². The summed E-state index contributed by atoms with van der Waals surface area (Å²) in [6.07, 6.45) is 1.33. The molecular weight excluding hydrogens is 284 g/mol. The van der Waals surface area contributed by atoms with Crippen molar-refractivity contribution >= 4 is 5.91 Å². The summed E-state index contributed by atoms with van der Waals surface area (Å²) in [6.45, 7) is 14.5. The standard InChI is InChI=1S/C20H32N2O/c1-15-10-16(2)13-22(12-15)14-18-9-7-6-8-17(18)11-21-19(23)20(3,4)5/h6-9,15-16H,10-14H2,1-5H3,(H,21,23)/t15-,16-/m1/s1. The first-order valence-corrected chi connectivity index (χ1v) is 8.83. The zero-order chi connectivity index (χ0) is 17.0. The van der Waals surface area contributed by atoms with Crippen LogP contribution in [0.4, 0.5) is 0 Å². The predicted octanol–water partition coefficient (Wildman–Crippen LogP) is 3.83. The fraction of sp³-hybridized carbons (Fsp3) is 0.650. The summed E-state index contributed by atoms with van der Waals surface area (Å²) in [4.78, 5) is 14.7. The lowest BCUT2D eigenvalue weighted by Gasteiger charge is -2.35. The number of nitrogens with one attached hydrogen (secondary N) is 1. The average Bonchev–Trinajstić information content (AvgIpc) is 2.44. The van der Waals surface area contributed by atoms with Crippen molar-refractivity contribution in [3.8, 4) is 0 Å². The summed E-state index contributed by atoms with van der Waals surface area (Å²) in [5.74, 6) is 1.64. The van der Waals surface area contributed by atoms with Gasteiger partial charge in [0.2, 0.25) is 5.91 Å². The van der Waals surface area contributed by atoms with E-state index in [1.165, 1.54) is 30.6 Å². The van der Waals surface area contributed by atoms with Crippen LogP contribution in [0.1, 0.15) is 52.2 Å². The number of amides is 1. The molecule has 0 radical (unpaired) electrons. The van der Waals surface area contributed by atoms with E-state index in [9.17, 15) is 4.79 Å². The van der Waals surface area contributed by atoms with E-state index in [4.69, 9.17) is 0 Å². The Bertz CT molecular complexity index is 523. The quantitative estimate of drug-likeness (QED) is 0.915. The van der Waals surface area contributed by atoms with Gasteiger partial charge in [-0.25, -0.2) is 0 Å². The van der Waals surface area contributed by atoms with Crippen LogP contribution >= 0.6 is 0 Å². The fourth-order valence-corrected chi connectivity index (χ4v) is 3.49. The van der Waals surface area contributed by atoms with Crippen LogP contribution in [0.15, 0.2) is 24.3 Å². The molecule has 1 aliphatic heterocycles. The molecule has 2 atom stereocenters. The Hall–Kier alpha value is -1.35. The van der Waals surface area contributed by atoms with Gasteiger partial charge in [-0.1, -0.05) is 58.9 Å². The summed E-state index contributed by atoms with van der Waals surface area (Å²) in [5, 5.41) is 3.08. The van der Waals surface area contributed by atoms with Gasteiger partial charge in [-0.05, 0) is 29.4 Å². The van der Waals surface area contributed by atoms with Gasteiger partial charge < -0.3 is 5.32 Å². The molecule has 0 unspecified atom stereocenters. The van der Waals surface area contributed by atoms with Gasteiger partial charge in [0.1, 0.15) is 0 Å². The molecule has 0 spiro atoms. The van der Waals surface area contributed by atoms with E-state index in [2.05, 4.69) is 48.3 Å². The molecule has 3 heteroatoms. The van der Waals surface area contributed by atoms with Gasteiger partial charge in [-0.3, -0.25) is 9.69 Å². The van der Waals surface area contributed by atoms with Crippen LogP contribution in [0.5, 0.6) is 0 Å². The van der Waals surface area contributed by atoms with Crippen LogP contribution in [0.3, 0.4) is 0 Å². The van der Waals surface area contributed by atoms with Crippen molar-refractivity contribution in [1.29, 1.82) is 0 Å². The van der Waals surface area contributed by atoms with E-state index in [1.54, 1.807) is 0 Å². The molecule has 1 fully saturated rings. The van der Waals surface area contributed by atoms with Gasteiger partial charge in [-0.15, -0.1) is 0 Å². The van der Waals surface area contributed by atoms with Gasteiger partial charge in [0.15, 0.2) is 0 Å². The maximum absolute atomic E-state index is 12.1. The average molecular weight is 316 g/mol. The lowest BCUT2D eigenvalue weighted by atomic mass is 9.91. The van der Waals surface area contributed by atoms with Gasteiger partial charge in [0.05, 0.1) is 0 Å². The molecule has 1 heterocycles. The van der Waals surface area contributed by atoms with Crippen molar-refractivity contribution in [2.45, 2.75) is 54.1 Å². The van der Waals surface area contributed by atoms with Crippen molar-refractivity contribution in [2.24, 2.45) is 17.3 Å². The molecule has 128 valence electrons. The van der Waals surface area contributed by atoms with Gasteiger partial charge >= 0.3 is 0 Å². The van der Waals surface area contributed by atoms with Crippen LogP contribution in [-0.2, 0) is 17.9 Å². The molecule has 0 aliphatic carbocycles. The number of nitrogens with zero attached hydrogens (tertiary/aromatic N) is 1. The highest BCUT2D eigenvalue weighted by Crippen LogP contribution is 2.23. The Balaban J connectivity index is 2.01. The summed E-state index contributed by atoms with van der Waals surface area (Å²) in [6, 6.07) is 8.49. The van der Waals surface area contributed by atoms with Crippen LogP contribution in [-0.4, -0.2) is 23.9 Å². The number of rotatable bonds is 4. The number of piperidine rings is 1. The van der Waals surface area contributed by atoms with E-state index in [0.29, 0.717) is 6.54 Å². The second kappa shape index (κ2) is 7.48. The molecule has 0 aromatic heterocycles. The van der Waals surface area contributed by atoms with Gasteiger partial charge in [-0.2, -0.15) is 0 Å². The summed E-state index contributed by atoms with van der Waals surface area (Å²) >= 11 is 0. The first-order valence-electron chi connectivity index (χ1n) is 8.83. The number of hydrogen-bond acceptors (Lipinski definition) is 2. The van der Waals surface area contributed by atoms with Crippen LogP contribution < -0.4 is 5.32 Å². The van der Waals surface area contributed by atoms with Crippen LogP contribution in [0, 0.1) is 17.3 Å². The smallest absolute Gasteiger partial charge is 0.225 e. The minimum Gasteiger partial charge on any atom is -0.352 e. The molecule has 1 amide bonds. The fourth-order valence-electron chi connectivity index (χ4n) is 3.49. The van der Waals surface area contributed by atoms with Crippen LogP contribution in [0.25, 0.3) is 0 Å². The second-order valence-electron chi connectivity index (χ2n) is 8.34. The molecule has 3 nitrogen and oxygen atoms in total. The summed E-state index contributed by atoms with van der Waals surface area (Å²) < 4.78 is 0. The first-order chi connectivity index (χ1) is 10.8. The van der Waals surface area contributed by atoms with Crippen molar-refractivity contribution in [1.82, 2.24) is 10.2 Å². The molecule has 1 aliphatic rings. The Labute approximate surface area is 141 Å². The summed E-state index contributed by atoms with van der Waals surface area (Å²) in [5.41, 5.74) is 2.23. The van der Waals surface area contributed by atoms with E-state index < -0.39 is 0 Å². The van der Waals surface area contributed by atoms with Gasteiger partial charge in [0, 0.05) is 31.6 Å². The number of carbonyl (C=O) groups is 1. The van der Waals surface area contributed by atoms with E-state index in [0.717, 1.165) is 18.4 Å². The number of carbonyl (C=O) groups excluding carboxylic acids is 1. The largest absolute Gasteiger partial charge is 0.352 e. The third-order valence-corrected chi connectivity index (χ3v) is 4.58. The van der Waals surface area contributed by atoms with Crippen molar-refractivity contribution in [2.75, 3.05) is 13.1 Å². The minimum atomic E-state index is -0.341. The lowest BCUT2D eigenvalue weighted by Crippen LogP contribution is -2.38. The maximum Gasteiger partial charge on any atom is 0.225 e. The second-order valence-corrected chi connectivity index (χ2v) is 8.34. The third-order valence-electron chi connectivity index (χ3n) is 4.58. The number of benzene rings is 1. The minimum absolute atomic E-state index is 0.104. The van der Waals surface area contributed by atoms with Gasteiger partial charge in [0.25, 0.3) is 0 Å². The van der Waals surface area contributed by atoms with Crippen molar-refractivity contribution in [3.05, 3.63) is 35.4 Å². The molecule has 1 N–H and O–H groups in total. The lowest BCUT2D eigenvalue weighted by molar-refractivity contribution is -0.128. The Kier molecular flexibility index (Phi) is 5.85. The Morgan fingerprint density at radius 3 is 2.26 bits per heavy atom. The highest BCUT2D eigenvalue weighted by atomic mass is 16.2. The maximum atomic E-state index is 12.1. The normalized spacial score (nSPS) is 22.8. The van der Waals surface area contributed by atoms with Crippen LogP contribution in [0.2, 0.25) is 0 Å². The molecule has 0 saturated carbocycles. The van der Waals surface area contributed by atoms with E-state index in [-0.39, 0.29) is 11.3 Å². The highest BCUT2D eigenvalue weighted by Gasteiger charge is 2.23. The number of hydrogen-bond donors (Lipinski definition) is 1. The summed E-state index contributed by atoms with van der Waals surface area (Å²) in [7, 11) is 0. The SMILES string of the molecule is C[C@@H]1C[C@@H](C)CN(Cc2ccccc2CNC(=O)C(C)(C)C)C1. The molecule has 2 rings (SSSR count). The third kappa shape index (κ3) is 5.35. The first kappa shape index (κ1) is 18.0. The zero-order valence-electron chi connectivity index (χ0n) is 15.4. The topological polar surface area (TPSA) is 32.3 Å². The Morgan fingerprint density at radius 2 is 1.70 bits per heavy atom. The highest BCUT2D eigenvalue weighted by molar-refractivity contribution is 5.81.